The van der Waals surface area contributed by atoms with Gasteiger partial charge in [0.05, 0.1) is 6.54 Å². The second kappa shape index (κ2) is 6.89. The first-order chi connectivity index (χ1) is 8.92. The van der Waals surface area contributed by atoms with E-state index in [-0.39, 0.29) is 6.54 Å². The SMILES string of the molecule is CC(C)(C)OC(=O)N(CC=O)NCc1ccccc1. The molecule has 0 bridgehead atoms. The third-order valence-corrected chi connectivity index (χ3v) is 2.19. The number of ether oxygens (including phenoxy) is 1. The molecule has 104 valence electrons. The van der Waals surface area contributed by atoms with Crippen LogP contribution in [0.3, 0.4) is 0 Å². The van der Waals surface area contributed by atoms with E-state index in [4.69, 9.17) is 4.74 Å². The van der Waals surface area contributed by atoms with Crippen molar-refractivity contribution in [2.75, 3.05) is 6.54 Å². The highest BCUT2D eigenvalue weighted by Gasteiger charge is 2.21. The largest absolute Gasteiger partial charge is 0.443 e. The molecule has 0 aliphatic heterocycles. The predicted molar refractivity (Wildman–Crippen MR) is 72.3 cm³/mol. The van der Waals surface area contributed by atoms with Gasteiger partial charge < -0.3 is 9.53 Å². The zero-order valence-electron chi connectivity index (χ0n) is 11.6. The van der Waals surface area contributed by atoms with Crippen molar-refractivity contribution in [3.05, 3.63) is 35.9 Å². The number of nitrogens with zero attached hydrogens (tertiary/aromatic N) is 1. The molecule has 1 rings (SSSR count). The van der Waals surface area contributed by atoms with Crippen LogP contribution < -0.4 is 5.43 Å². The van der Waals surface area contributed by atoms with Gasteiger partial charge in [-0.1, -0.05) is 30.3 Å². The lowest BCUT2D eigenvalue weighted by molar-refractivity contribution is -0.109. The van der Waals surface area contributed by atoms with E-state index in [2.05, 4.69) is 5.43 Å². The van der Waals surface area contributed by atoms with Crippen LogP contribution in [0.25, 0.3) is 0 Å². The lowest BCUT2D eigenvalue weighted by atomic mass is 10.2. The topological polar surface area (TPSA) is 58.6 Å². The zero-order chi connectivity index (χ0) is 14.3. The third kappa shape index (κ3) is 6.01. The molecule has 0 fully saturated rings. The van der Waals surface area contributed by atoms with Gasteiger partial charge in [0.25, 0.3) is 0 Å². The Morgan fingerprint density at radius 1 is 1.32 bits per heavy atom. The standard InChI is InChI=1S/C14H20N2O3/c1-14(2,3)19-13(18)16(9-10-17)15-11-12-7-5-4-6-8-12/h4-8,10,15H,9,11H2,1-3H3. The first-order valence-electron chi connectivity index (χ1n) is 6.14. The molecular formula is C14H20N2O3. The molecule has 0 heterocycles. The van der Waals surface area contributed by atoms with Gasteiger partial charge in [-0.05, 0) is 26.3 Å². The molecule has 0 unspecified atom stereocenters. The molecule has 0 saturated carbocycles. The van der Waals surface area contributed by atoms with Crippen LogP contribution in [0.2, 0.25) is 0 Å². The summed E-state index contributed by atoms with van der Waals surface area (Å²) in [4.78, 5) is 22.5. The molecule has 1 amide bonds. The Kier molecular flexibility index (Phi) is 5.51. The summed E-state index contributed by atoms with van der Waals surface area (Å²) in [6.07, 6.45) is 0.0950. The molecule has 0 atom stereocenters. The number of hydrogen-bond donors (Lipinski definition) is 1. The summed E-state index contributed by atoms with van der Waals surface area (Å²) in [5.41, 5.74) is 3.31. The van der Waals surface area contributed by atoms with Crippen molar-refractivity contribution >= 4 is 12.4 Å². The van der Waals surface area contributed by atoms with Crippen LogP contribution in [-0.2, 0) is 16.1 Å². The van der Waals surface area contributed by atoms with E-state index in [0.717, 1.165) is 5.56 Å². The smallest absolute Gasteiger partial charge is 0.425 e. The molecule has 0 radical (unpaired) electrons. The quantitative estimate of drug-likeness (QED) is 0.654. The maximum Gasteiger partial charge on any atom is 0.425 e. The molecule has 1 aromatic carbocycles. The summed E-state index contributed by atoms with van der Waals surface area (Å²) in [7, 11) is 0. The molecule has 0 aliphatic rings. The molecule has 19 heavy (non-hydrogen) atoms. The Bertz CT molecular complexity index is 412. The Hall–Kier alpha value is -1.88. The molecule has 1 aromatic rings. The van der Waals surface area contributed by atoms with E-state index >= 15 is 0 Å². The normalized spacial score (nSPS) is 10.9. The van der Waals surface area contributed by atoms with E-state index in [9.17, 15) is 9.59 Å². The molecule has 0 aliphatic carbocycles. The summed E-state index contributed by atoms with van der Waals surface area (Å²) in [5.74, 6) is 0. The first kappa shape index (κ1) is 15.2. The second-order valence-corrected chi connectivity index (χ2v) is 5.08. The van der Waals surface area contributed by atoms with E-state index < -0.39 is 11.7 Å². The summed E-state index contributed by atoms with van der Waals surface area (Å²) in [6, 6.07) is 9.60. The van der Waals surface area contributed by atoms with Gasteiger partial charge >= 0.3 is 6.09 Å². The highest BCUT2D eigenvalue weighted by molar-refractivity contribution is 5.71. The molecular weight excluding hydrogens is 244 g/mol. The van der Waals surface area contributed by atoms with Gasteiger partial charge in [-0.3, -0.25) is 0 Å². The Morgan fingerprint density at radius 3 is 2.47 bits per heavy atom. The van der Waals surface area contributed by atoms with Crippen molar-refractivity contribution in [1.82, 2.24) is 10.4 Å². The lowest BCUT2D eigenvalue weighted by Crippen LogP contribution is -2.46. The number of hydrazine groups is 1. The van der Waals surface area contributed by atoms with Crippen molar-refractivity contribution < 1.29 is 14.3 Å². The number of carbonyl (C=O) groups is 2. The predicted octanol–water partition coefficient (Wildman–Crippen LogP) is 2.13. The Morgan fingerprint density at radius 2 is 1.95 bits per heavy atom. The third-order valence-electron chi connectivity index (χ3n) is 2.19. The van der Waals surface area contributed by atoms with Crippen LogP contribution in [0.4, 0.5) is 4.79 Å². The van der Waals surface area contributed by atoms with Crippen LogP contribution in [0, 0.1) is 0 Å². The van der Waals surface area contributed by atoms with Crippen molar-refractivity contribution in [1.29, 1.82) is 0 Å². The average molecular weight is 264 g/mol. The van der Waals surface area contributed by atoms with E-state index in [1.54, 1.807) is 20.8 Å². The van der Waals surface area contributed by atoms with Crippen LogP contribution >= 0.6 is 0 Å². The number of hydrogen-bond acceptors (Lipinski definition) is 4. The minimum absolute atomic E-state index is 0.0538. The van der Waals surface area contributed by atoms with Crippen molar-refractivity contribution in [2.24, 2.45) is 0 Å². The van der Waals surface area contributed by atoms with Crippen LogP contribution in [0.1, 0.15) is 26.3 Å². The van der Waals surface area contributed by atoms with Gasteiger partial charge in [-0.25, -0.2) is 15.2 Å². The average Bonchev–Trinajstić information content (AvgIpc) is 2.33. The maximum absolute atomic E-state index is 11.9. The fourth-order valence-corrected chi connectivity index (χ4v) is 1.38. The number of benzene rings is 1. The summed E-state index contributed by atoms with van der Waals surface area (Å²) >= 11 is 0. The van der Waals surface area contributed by atoms with Gasteiger partial charge in [0, 0.05) is 6.54 Å². The number of nitrogens with one attached hydrogen (secondary N) is 1. The minimum Gasteiger partial charge on any atom is -0.443 e. The number of amides is 1. The summed E-state index contributed by atoms with van der Waals surface area (Å²) < 4.78 is 5.21. The van der Waals surface area contributed by atoms with Gasteiger partial charge in [0.15, 0.2) is 0 Å². The summed E-state index contributed by atoms with van der Waals surface area (Å²) in [6.45, 7) is 5.74. The highest BCUT2D eigenvalue weighted by Crippen LogP contribution is 2.09. The lowest BCUT2D eigenvalue weighted by Gasteiger charge is -2.26. The summed E-state index contributed by atoms with van der Waals surface area (Å²) in [5, 5.41) is 1.17. The van der Waals surface area contributed by atoms with Crippen LogP contribution in [0.15, 0.2) is 30.3 Å². The molecule has 5 heteroatoms. The zero-order valence-corrected chi connectivity index (χ0v) is 11.6. The van der Waals surface area contributed by atoms with Crippen molar-refractivity contribution in [3.8, 4) is 0 Å². The van der Waals surface area contributed by atoms with E-state index in [1.165, 1.54) is 5.01 Å². The Labute approximate surface area is 113 Å². The van der Waals surface area contributed by atoms with Crippen molar-refractivity contribution in [2.45, 2.75) is 32.9 Å². The minimum atomic E-state index is -0.591. The Balaban J connectivity index is 2.57. The monoisotopic (exact) mass is 264 g/mol. The van der Waals surface area contributed by atoms with Crippen molar-refractivity contribution in [3.63, 3.8) is 0 Å². The fourth-order valence-electron chi connectivity index (χ4n) is 1.38. The molecule has 1 N–H and O–H groups in total. The van der Waals surface area contributed by atoms with Gasteiger partial charge in [0.2, 0.25) is 0 Å². The van der Waals surface area contributed by atoms with Crippen LogP contribution in [0.5, 0.6) is 0 Å². The number of rotatable bonds is 5. The maximum atomic E-state index is 11.9. The first-order valence-corrected chi connectivity index (χ1v) is 6.14. The van der Waals surface area contributed by atoms with E-state index in [0.29, 0.717) is 12.8 Å². The van der Waals surface area contributed by atoms with Gasteiger partial charge in [0.1, 0.15) is 11.9 Å². The second-order valence-electron chi connectivity index (χ2n) is 5.08. The number of carbonyl (C=O) groups excluding carboxylic acids is 2. The number of aldehydes is 1. The molecule has 0 saturated heterocycles. The van der Waals surface area contributed by atoms with Gasteiger partial charge in [-0.15, -0.1) is 0 Å². The molecule has 0 spiro atoms. The van der Waals surface area contributed by atoms with E-state index in [1.807, 2.05) is 30.3 Å². The fraction of sp³-hybridized carbons (Fsp3) is 0.429. The molecule has 5 nitrogen and oxygen atoms in total. The van der Waals surface area contributed by atoms with Gasteiger partial charge in [-0.2, -0.15) is 0 Å². The highest BCUT2D eigenvalue weighted by atomic mass is 16.6. The molecule has 0 aromatic heterocycles. The van der Waals surface area contributed by atoms with Crippen LogP contribution in [-0.4, -0.2) is 29.5 Å².